The van der Waals surface area contributed by atoms with Gasteiger partial charge in [-0.25, -0.2) is 4.98 Å². The zero-order valence-corrected chi connectivity index (χ0v) is 14.5. The monoisotopic (exact) mass is 351 g/mol. The van der Waals surface area contributed by atoms with Crippen LogP contribution in [0.3, 0.4) is 0 Å². The number of nitrogens with zero attached hydrogens (tertiary/aromatic N) is 1. The number of primary amides is 1. The van der Waals surface area contributed by atoms with Crippen LogP contribution in [-0.2, 0) is 11.2 Å². The van der Waals surface area contributed by atoms with Crippen LogP contribution in [0, 0.1) is 6.92 Å². The number of carbonyl (C=O) groups excluding carboxylic acids is 2. The zero-order chi connectivity index (χ0) is 17.8. The summed E-state index contributed by atoms with van der Waals surface area (Å²) in [6.45, 7) is 2.04. The van der Waals surface area contributed by atoms with Crippen LogP contribution < -0.4 is 11.1 Å². The molecule has 0 aliphatic rings. The van der Waals surface area contributed by atoms with Gasteiger partial charge in [-0.05, 0) is 25.1 Å². The largest absolute Gasteiger partial charge is 0.366 e. The van der Waals surface area contributed by atoms with Gasteiger partial charge in [-0.15, -0.1) is 11.3 Å². The van der Waals surface area contributed by atoms with E-state index in [0.29, 0.717) is 16.9 Å². The normalized spacial score (nSPS) is 10.4. The van der Waals surface area contributed by atoms with E-state index in [0.717, 1.165) is 10.6 Å². The Labute approximate surface area is 149 Å². The Balaban J connectivity index is 1.66. The molecule has 1 heterocycles. The Hall–Kier alpha value is -2.99. The van der Waals surface area contributed by atoms with Crippen molar-refractivity contribution in [2.24, 2.45) is 5.73 Å². The van der Waals surface area contributed by atoms with E-state index in [1.165, 1.54) is 16.9 Å². The van der Waals surface area contributed by atoms with Crippen LogP contribution in [0.4, 0.5) is 5.69 Å². The first kappa shape index (κ1) is 16.9. The van der Waals surface area contributed by atoms with Crippen molar-refractivity contribution in [3.05, 3.63) is 70.7 Å². The number of anilines is 1. The van der Waals surface area contributed by atoms with Crippen LogP contribution in [0.1, 0.15) is 21.6 Å². The lowest BCUT2D eigenvalue weighted by Gasteiger charge is -2.05. The van der Waals surface area contributed by atoms with Gasteiger partial charge in [0.25, 0.3) is 0 Å². The number of aryl methyl sites for hydroxylation is 1. The molecule has 0 bridgehead atoms. The van der Waals surface area contributed by atoms with Crippen molar-refractivity contribution in [3.63, 3.8) is 0 Å². The van der Waals surface area contributed by atoms with Crippen molar-refractivity contribution >= 4 is 28.8 Å². The average molecular weight is 351 g/mol. The number of hydrogen-bond donors (Lipinski definition) is 2. The lowest BCUT2D eigenvalue weighted by atomic mass is 10.1. The second-order valence-corrected chi connectivity index (χ2v) is 6.54. The summed E-state index contributed by atoms with van der Waals surface area (Å²) in [4.78, 5) is 27.9. The minimum absolute atomic E-state index is 0.170. The van der Waals surface area contributed by atoms with E-state index in [9.17, 15) is 9.59 Å². The first-order chi connectivity index (χ1) is 12.0. The van der Waals surface area contributed by atoms with E-state index in [1.807, 2.05) is 36.6 Å². The van der Waals surface area contributed by atoms with Gasteiger partial charge in [0.2, 0.25) is 11.8 Å². The molecule has 3 rings (SSSR count). The number of nitrogens with one attached hydrogen (secondary N) is 1. The fraction of sp³-hybridized carbons (Fsp3) is 0.105. The number of thiazole rings is 1. The fourth-order valence-electron chi connectivity index (χ4n) is 2.34. The Morgan fingerprint density at radius 1 is 1.16 bits per heavy atom. The third-order valence-electron chi connectivity index (χ3n) is 3.62. The van der Waals surface area contributed by atoms with Crippen LogP contribution in [0.5, 0.6) is 0 Å². The Morgan fingerprint density at radius 3 is 2.64 bits per heavy atom. The Bertz CT molecular complexity index is 916. The van der Waals surface area contributed by atoms with Gasteiger partial charge in [0.15, 0.2) is 0 Å². The molecule has 25 heavy (non-hydrogen) atoms. The standard InChI is InChI=1S/C19H17N3O2S/c1-12-5-7-13(8-6-12)19-22-16(11-25-19)10-17(23)21-15-4-2-3-14(9-15)18(20)24/h2-9,11H,10H2,1H3,(H2,20,24)(H,21,23). The summed E-state index contributed by atoms with van der Waals surface area (Å²) in [6.07, 6.45) is 0.170. The van der Waals surface area contributed by atoms with E-state index in [-0.39, 0.29) is 12.3 Å². The molecule has 1 aromatic heterocycles. The highest BCUT2D eigenvalue weighted by Crippen LogP contribution is 2.24. The molecule has 3 N–H and O–H groups in total. The quantitative estimate of drug-likeness (QED) is 0.739. The second-order valence-electron chi connectivity index (χ2n) is 5.68. The molecule has 0 fully saturated rings. The predicted octanol–water partition coefficient (Wildman–Crippen LogP) is 3.40. The van der Waals surface area contributed by atoms with Gasteiger partial charge in [0.1, 0.15) is 5.01 Å². The van der Waals surface area contributed by atoms with Crippen molar-refractivity contribution in [1.29, 1.82) is 0 Å². The zero-order valence-electron chi connectivity index (χ0n) is 13.7. The van der Waals surface area contributed by atoms with E-state index in [4.69, 9.17) is 5.73 Å². The Morgan fingerprint density at radius 2 is 1.92 bits per heavy atom. The Kier molecular flexibility index (Phi) is 4.90. The summed E-state index contributed by atoms with van der Waals surface area (Å²) in [5.74, 6) is -0.722. The van der Waals surface area contributed by atoms with Crippen molar-refractivity contribution in [2.45, 2.75) is 13.3 Å². The van der Waals surface area contributed by atoms with Gasteiger partial charge in [0.05, 0.1) is 12.1 Å². The molecule has 0 unspecified atom stereocenters. The van der Waals surface area contributed by atoms with Crippen LogP contribution >= 0.6 is 11.3 Å². The molecule has 0 saturated heterocycles. The third kappa shape index (κ3) is 4.30. The molecular weight excluding hydrogens is 334 g/mol. The minimum atomic E-state index is -0.529. The third-order valence-corrected chi connectivity index (χ3v) is 4.56. The van der Waals surface area contributed by atoms with Gasteiger partial charge in [-0.1, -0.05) is 35.9 Å². The van der Waals surface area contributed by atoms with Gasteiger partial charge >= 0.3 is 0 Å². The summed E-state index contributed by atoms with van der Waals surface area (Å²) < 4.78 is 0. The molecular formula is C19H17N3O2S. The lowest BCUT2D eigenvalue weighted by Crippen LogP contribution is -2.16. The van der Waals surface area contributed by atoms with E-state index in [2.05, 4.69) is 10.3 Å². The van der Waals surface area contributed by atoms with Crippen LogP contribution in [0.2, 0.25) is 0 Å². The van der Waals surface area contributed by atoms with Gasteiger partial charge in [0, 0.05) is 22.2 Å². The number of hydrogen-bond acceptors (Lipinski definition) is 4. The first-order valence-corrected chi connectivity index (χ1v) is 8.60. The van der Waals surface area contributed by atoms with Crippen molar-refractivity contribution in [1.82, 2.24) is 4.98 Å². The molecule has 126 valence electrons. The summed E-state index contributed by atoms with van der Waals surface area (Å²) >= 11 is 1.51. The van der Waals surface area contributed by atoms with Gasteiger partial charge < -0.3 is 11.1 Å². The number of nitrogens with two attached hydrogens (primary N) is 1. The highest BCUT2D eigenvalue weighted by atomic mass is 32.1. The average Bonchev–Trinajstić information content (AvgIpc) is 3.04. The van der Waals surface area contributed by atoms with Crippen LogP contribution in [0.15, 0.2) is 53.9 Å². The maximum atomic E-state index is 12.2. The predicted molar refractivity (Wildman–Crippen MR) is 99.6 cm³/mol. The highest BCUT2D eigenvalue weighted by molar-refractivity contribution is 7.13. The number of rotatable bonds is 5. The molecule has 2 amide bonds. The smallest absolute Gasteiger partial charge is 0.248 e. The van der Waals surface area contributed by atoms with E-state index in [1.54, 1.807) is 24.3 Å². The molecule has 0 radical (unpaired) electrons. The molecule has 6 heteroatoms. The van der Waals surface area contributed by atoms with Crippen molar-refractivity contribution in [3.8, 4) is 10.6 Å². The molecule has 0 spiro atoms. The van der Waals surface area contributed by atoms with Crippen LogP contribution in [0.25, 0.3) is 10.6 Å². The maximum absolute atomic E-state index is 12.2. The second kappa shape index (κ2) is 7.27. The fourth-order valence-corrected chi connectivity index (χ4v) is 3.16. The van der Waals surface area contributed by atoms with Gasteiger partial charge in [-0.3, -0.25) is 9.59 Å². The van der Waals surface area contributed by atoms with Gasteiger partial charge in [-0.2, -0.15) is 0 Å². The maximum Gasteiger partial charge on any atom is 0.248 e. The number of carbonyl (C=O) groups is 2. The molecule has 0 aliphatic heterocycles. The topological polar surface area (TPSA) is 85.1 Å². The lowest BCUT2D eigenvalue weighted by molar-refractivity contribution is -0.115. The van der Waals surface area contributed by atoms with E-state index < -0.39 is 5.91 Å². The van der Waals surface area contributed by atoms with Crippen LogP contribution in [-0.4, -0.2) is 16.8 Å². The SMILES string of the molecule is Cc1ccc(-c2nc(CC(=O)Nc3cccc(C(N)=O)c3)cs2)cc1. The van der Waals surface area contributed by atoms with Crippen molar-refractivity contribution < 1.29 is 9.59 Å². The minimum Gasteiger partial charge on any atom is -0.366 e. The number of aromatic nitrogens is 1. The summed E-state index contributed by atoms with van der Waals surface area (Å²) in [6, 6.07) is 14.7. The summed E-state index contributed by atoms with van der Waals surface area (Å²) in [5.41, 5.74) is 9.08. The first-order valence-electron chi connectivity index (χ1n) is 7.72. The summed E-state index contributed by atoms with van der Waals surface area (Å²) in [7, 11) is 0. The number of benzene rings is 2. The molecule has 5 nitrogen and oxygen atoms in total. The highest BCUT2D eigenvalue weighted by Gasteiger charge is 2.10. The van der Waals surface area contributed by atoms with E-state index >= 15 is 0 Å². The molecule has 2 aromatic carbocycles. The molecule has 0 saturated carbocycles. The molecule has 0 aliphatic carbocycles. The summed E-state index contributed by atoms with van der Waals surface area (Å²) in [5, 5.41) is 5.53. The van der Waals surface area contributed by atoms with Crippen molar-refractivity contribution in [2.75, 3.05) is 5.32 Å². The number of amides is 2. The molecule has 0 atom stereocenters. The molecule has 3 aromatic rings.